The molecule has 0 aromatic heterocycles. The number of halogens is 3. The Kier molecular flexibility index (Phi) is 2.59. The largest absolute Gasteiger partial charge is 0.406 e. The van der Waals surface area contributed by atoms with Crippen molar-refractivity contribution in [2.45, 2.75) is 31.5 Å². The number of alkyl halides is 3. The highest BCUT2D eigenvalue weighted by atomic mass is 19.4. The van der Waals surface area contributed by atoms with Crippen LogP contribution < -0.4 is 5.32 Å². The number of carbonyl (C=O) groups is 2. The van der Waals surface area contributed by atoms with E-state index in [1.165, 1.54) is 6.92 Å². The first-order valence-electron chi connectivity index (χ1n) is 5.40. The van der Waals surface area contributed by atoms with Crippen LogP contribution in [0.15, 0.2) is 0 Å². The van der Waals surface area contributed by atoms with Gasteiger partial charge in [-0.15, -0.1) is 0 Å². The zero-order valence-electron chi connectivity index (χ0n) is 9.30. The molecule has 1 unspecified atom stereocenters. The molecule has 96 valence electrons. The molecule has 1 saturated heterocycles. The number of piperazine rings is 1. The predicted molar refractivity (Wildman–Crippen MR) is 51.9 cm³/mol. The number of hydrogen-bond acceptors (Lipinski definition) is 2. The van der Waals surface area contributed by atoms with Gasteiger partial charge in [-0.3, -0.25) is 9.59 Å². The maximum atomic E-state index is 12.4. The summed E-state index contributed by atoms with van der Waals surface area (Å²) in [6.45, 7) is -0.285. The number of carbonyl (C=O) groups excluding carboxylic acids is 2. The van der Waals surface area contributed by atoms with E-state index in [4.69, 9.17) is 0 Å². The van der Waals surface area contributed by atoms with Gasteiger partial charge in [-0.05, 0) is 25.7 Å². The van der Waals surface area contributed by atoms with Crippen LogP contribution in [0.25, 0.3) is 0 Å². The Hall–Kier alpha value is -1.27. The Morgan fingerprint density at radius 1 is 1.41 bits per heavy atom. The summed E-state index contributed by atoms with van der Waals surface area (Å²) < 4.78 is 37.3. The van der Waals surface area contributed by atoms with Crippen molar-refractivity contribution < 1.29 is 22.8 Å². The number of hydrogen-bond donors (Lipinski definition) is 1. The molecule has 2 rings (SSSR count). The van der Waals surface area contributed by atoms with Gasteiger partial charge in [0.25, 0.3) is 0 Å². The van der Waals surface area contributed by atoms with Crippen molar-refractivity contribution in [3.63, 3.8) is 0 Å². The minimum absolute atomic E-state index is 0.158. The van der Waals surface area contributed by atoms with Crippen LogP contribution in [-0.2, 0) is 9.59 Å². The van der Waals surface area contributed by atoms with E-state index in [0.29, 0.717) is 17.7 Å². The molecule has 2 amide bonds. The summed E-state index contributed by atoms with van der Waals surface area (Å²) in [7, 11) is 0. The van der Waals surface area contributed by atoms with Gasteiger partial charge in [0.15, 0.2) is 0 Å². The highest BCUT2D eigenvalue weighted by Crippen LogP contribution is 2.44. The normalized spacial score (nSPS) is 30.5. The molecule has 0 radical (unpaired) electrons. The summed E-state index contributed by atoms with van der Waals surface area (Å²) >= 11 is 0. The van der Waals surface area contributed by atoms with E-state index in [9.17, 15) is 22.8 Å². The molecule has 17 heavy (non-hydrogen) atoms. The van der Waals surface area contributed by atoms with Crippen LogP contribution in [-0.4, -0.2) is 41.5 Å². The van der Waals surface area contributed by atoms with Crippen LogP contribution >= 0.6 is 0 Å². The minimum atomic E-state index is -4.48. The summed E-state index contributed by atoms with van der Waals surface area (Å²) in [5, 5.41) is 2.36. The highest BCUT2D eigenvalue weighted by molar-refractivity contribution is 5.98. The first kappa shape index (κ1) is 12.2. The Morgan fingerprint density at radius 2 is 2.00 bits per heavy atom. The fourth-order valence-corrected chi connectivity index (χ4v) is 2.29. The van der Waals surface area contributed by atoms with Gasteiger partial charge in [-0.1, -0.05) is 0 Å². The molecule has 1 atom stereocenters. The molecule has 1 saturated carbocycles. The molecule has 0 aromatic rings. The molecule has 0 bridgehead atoms. The highest BCUT2D eigenvalue weighted by Gasteiger charge is 2.56. The Bertz CT molecular complexity index is 365. The summed E-state index contributed by atoms with van der Waals surface area (Å²) in [6, 6.07) is 0. The Morgan fingerprint density at radius 3 is 2.47 bits per heavy atom. The van der Waals surface area contributed by atoms with E-state index in [2.05, 4.69) is 5.32 Å². The van der Waals surface area contributed by atoms with E-state index in [0.717, 1.165) is 0 Å². The van der Waals surface area contributed by atoms with Crippen molar-refractivity contribution in [2.24, 2.45) is 5.92 Å². The van der Waals surface area contributed by atoms with Crippen molar-refractivity contribution in [3.8, 4) is 0 Å². The Labute approximate surface area is 96.1 Å². The van der Waals surface area contributed by atoms with E-state index < -0.39 is 30.1 Å². The first-order valence-corrected chi connectivity index (χ1v) is 5.40. The van der Waals surface area contributed by atoms with E-state index in [1.807, 2.05) is 0 Å². The average Bonchev–Trinajstić information content (AvgIpc) is 3.01. The zero-order chi connectivity index (χ0) is 12.8. The van der Waals surface area contributed by atoms with Crippen molar-refractivity contribution in [1.29, 1.82) is 0 Å². The first-order chi connectivity index (χ1) is 7.75. The lowest BCUT2D eigenvalue weighted by Crippen LogP contribution is -2.68. The van der Waals surface area contributed by atoms with Gasteiger partial charge in [0, 0.05) is 0 Å². The molecule has 2 aliphatic rings. The van der Waals surface area contributed by atoms with Crippen LogP contribution in [0.4, 0.5) is 13.2 Å². The monoisotopic (exact) mass is 250 g/mol. The fraction of sp³-hybridized carbons (Fsp3) is 0.800. The number of nitrogens with one attached hydrogen (secondary N) is 1. The van der Waals surface area contributed by atoms with Gasteiger partial charge < -0.3 is 10.2 Å². The number of rotatable bonds is 2. The molecule has 7 heteroatoms. The van der Waals surface area contributed by atoms with Crippen LogP contribution in [0.3, 0.4) is 0 Å². The molecular weight excluding hydrogens is 237 g/mol. The smallest absolute Gasteiger partial charge is 0.345 e. The van der Waals surface area contributed by atoms with E-state index in [1.54, 1.807) is 0 Å². The average molecular weight is 250 g/mol. The van der Waals surface area contributed by atoms with Crippen molar-refractivity contribution in [1.82, 2.24) is 10.2 Å². The second-order valence-electron chi connectivity index (χ2n) is 4.70. The third kappa shape index (κ3) is 2.10. The molecular formula is C10H13F3N2O2. The number of nitrogens with zero attached hydrogens (tertiary/aromatic N) is 1. The van der Waals surface area contributed by atoms with E-state index >= 15 is 0 Å². The van der Waals surface area contributed by atoms with Crippen molar-refractivity contribution >= 4 is 11.8 Å². The van der Waals surface area contributed by atoms with Crippen LogP contribution in [0, 0.1) is 5.92 Å². The summed E-state index contributed by atoms with van der Waals surface area (Å²) in [5.41, 5.74) is -1.34. The lowest BCUT2D eigenvalue weighted by atomic mass is 9.90. The van der Waals surface area contributed by atoms with Gasteiger partial charge >= 0.3 is 6.18 Å². The van der Waals surface area contributed by atoms with Crippen LogP contribution in [0.1, 0.15) is 19.8 Å². The second kappa shape index (κ2) is 3.61. The fourth-order valence-electron chi connectivity index (χ4n) is 2.29. The molecule has 1 aliphatic heterocycles. The zero-order valence-corrected chi connectivity index (χ0v) is 9.30. The van der Waals surface area contributed by atoms with Crippen molar-refractivity contribution in [2.75, 3.05) is 13.1 Å². The lowest BCUT2D eigenvalue weighted by Gasteiger charge is -2.44. The maximum absolute atomic E-state index is 12.4. The number of amides is 2. The summed E-state index contributed by atoms with van der Waals surface area (Å²) in [6.07, 6.45) is -3.11. The Balaban J connectivity index is 2.28. The molecule has 2 fully saturated rings. The lowest BCUT2D eigenvalue weighted by molar-refractivity contribution is -0.181. The van der Waals surface area contributed by atoms with Gasteiger partial charge in [0.05, 0.1) is 6.54 Å². The molecule has 1 heterocycles. The molecule has 0 spiro atoms. The summed E-state index contributed by atoms with van der Waals surface area (Å²) in [4.78, 5) is 24.0. The van der Waals surface area contributed by atoms with Crippen LogP contribution in [0.5, 0.6) is 0 Å². The van der Waals surface area contributed by atoms with Gasteiger partial charge in [0.1, 0.15) is 12.1 Å². The second-order valence-corrected chi connectivity index (χ2v) is 4.70. The van der Waals surface area contributed by atoms with Gasteiger partial charge in [-0.25, -0.2) is 0 Å². The summed E-state index contributed by atoms with van der Waals surface area (Å²) in [5.74, 6) is -1.31. The maximum Gasteiger partial charge on any atom is 0.406 e. The predicted octanol–water partition coefficient (Wildman–Crippen LogP) is 0.676. The van der Waals surface area contributed by atoms with Crippen LogP contribution in [0.2, 0.25) is 0 Å². The molecule has 0 aromatic carbocycles. The quantitative estimate of drug-likeness (QED) is 0.783. The van der Waals surface area contributed by atoms with Crippen molar-refractivity contribution in [3.05, 3.63) is 0 Å². The van der Waals surface area contributed by atoms with E-state index in [-0.39, 0.29) is 12.5 Å². The third-order valence-corrected chi connectivity index (χ3v) is 3.43. The van der Waals surface area contributed by atoms with Gasteiger partial charge in [-0.2, -0.15) is 13.2 Å². The van der Waals surface area contributed by atoms with Gasteiger partial charge in [0.2, 0.25) is 11.8 Å². The molecule has 1 aliphatic carbocycles. The molecule has 4 nitrogen and oxygen atoms in total. The third-order valence-electron chi connectivity index (χ3n) is 3.43. The minimum Gasteiger partial charge on any atom is -0.345 e. The molecule has 1 N–H and O–H groups in total. The topological polar surface area (TPSA) is 49.4 Å². The SMILES string of the molecule is CC1(C2CC2)C(=O)NCC(=O)N1CC(F)(F)F. The standard InChI is InChI=1S/C10H13F3N2O2/c1-9(6-2-3-6)8(17)14-4-7(16)15(9)5-10(11,12)13/h6H,2-5H2,1H3,(H,14,17).